The summed E-state index contributed by atoms with van der Waals surface area (Å²) in [6.45, 7) is 2.95. The van der Waals surface area contributed by atoms with Crippen LogP contribution in [0.25, 0.3) is 0 Å². The average Bonchev–Trinajstić information content (AvgIpc) is 2.76. The summed E-state index contributed by atoms with van der Waals surface area (Å²) in [7, 11) is 0. The number of fused-ring (bicyclic) bond motifs is 1. The number of aryl methyl sites for hydroxylation is 2. The van der Waals surface area contributed by atoms with Crippen molar-refractivity contribution in [3.63, 3.8) is 0 Å². The van der Waals surface area contributed by atoms with Crippen LogP contribution >= 0.6 is 0 Å². The molecule has 108 valence electrons. The Bertz CT molecular complexity index is 532. The third-order valence-corrected chi connectivity index (χ3v) is 5.94. The highest BCUT2D eigenvalue weighted by Gasteiger charge is 2.51. The molecule has 1 heterocycles. The molecule has 2 nitrogen and oxygen atoms in total. The van der Waals surface area contributed by atoms with Crippen molar-refractivity contribution in [1.82, 2.24) is 0 Å². The van der Waals surface area contributed by atoms with Gasteiger partial charge >= 0.3 is 0 Å². The quantitative estimate of drug-likeness (QED) is 0.848. The molecule has 2 fully saturated rings. The van der Waals surface area contributed by atoms with E-state index >= 15 is 0 Å². The summed E-state index contributed by atoms with van der Waals surface area (Å²) >= 11 is 0. The topological polar surface area (TPSA) is 29.5 Å². The molecule has 1 aliphatic heterocycles. The van der Waals surface area contributed by atoms with E-state index in [-0.39, 0.29) is 5.60 Å². The minimum Gasteiger partial charge on any atom is -0.385 e. The third-order valence-electron chi connectivity index (χ3n) is 5.94. The van der Waals surface area contributed by atoms with E-state index in [9.17, 15) is 5.11 Å². The normalized spacial score (nSPS) is 34.8. The van der Waals surface area contributed by atoms with Crippen molar-refractivity contribution in [1.29, 1.82) is 0 Å². The summed E-state index contributed by atoms with van der Waals surface area (Å²) in [5.41, 5.74) is 3.33. The van der Waals surface area contributed by atoms with E-state index < -0.39 is 5.60 Å². The molecule has 0 amide bonds. The molecule has 1 spiro atoms. The van der Waals surface area contributed by atoms with Gasteiger partial charge in [0, 0.05) is 6.61 Å². The van der Waals surface area contributed by atoms with Crippen LogP contribution in [0.5, 0.6) is 0 Å². The van der Waals surface area contributed by atoms with Gasteiger partial charge in [-0.2, -0.15) is 0 Å². The van der Waals surface area contributed by atoms with Gasteiger partial charge in [0.2, 0.25) is 0 Å². The molecule has 2 heteroatoms. The van der Waals surface area contributed by atoms with Crippen LogP contribution < -0.4 is 0 Å². The van der Waals surface area contributed by atoms with E-state index in [0.29, 0.717) is 5.92 Å². The molecule has 3 aliphatic rings. The first kappa shape index (κ1) is 12.8. The summed E-state index contributed by atoms with van der Waals surface area (Å²) in [6, 6.07) is 6.59. The molecule has 4 rings (SSSR count). The Morgan fingerprint density at radius 2 is 2.10 bits per heavy atom. The maximum atomic E-state index is 11.4. The predicted octanol–water partition coefficient (Wildman–Crippen LogP) is 3.48. The fraction of sp³-hybridized carbons (Fsp3) is 0.667. The Balaban J connectivity index is 1.67. The standard InChI is InChI=1S/C18H24O2/c1-13-3-4-14-5-9-18(19,16(14)11-13)15-6-10-20-17(12-15)7-2-8-17/h3-4,11,15,19H,2,5-10,12H2,1H3. The Morgan fingerprint density at radius 1 is 1.25 bits per heavy atom. The molecule has 2 aliphatic carbocycles. The lowest BCUT2D eigenvalue weighted by molar-refractivity contribution is -0.177. The SMILES string of the molecule is Cc1ccc2c(c1)C(O)(C1CCOC3(CCC3)C1)CC2. The molecular weight excluding hydrogens is 248 g/mol. The highest BCUT2D eigenvalue weighted by atomic mass is 16.5. The van der Waals surface area contributed by atoms with Crippen LogP contribution in [0.2, 0.25) is 0 Å². The summed E-state index contributed by atoms with van der Waals surface area (Å²) in [5, 5.41) is 11.4. The molecule has 0 aromatic heterocycles. The van der Waals surface area contributed by atoms with Gasteiger partial charge in [0.15, 0.2) is 0 Å². The van der Waals surface area contributed by atoms with E-state index in [1.165, 1.54) is 36.0 Å². The summed E-state index contributed by atoms with van der Waals surface area (Å²) < 4.78 is 6.04. The van der Waals surface area contributed by atoms with Gasteiger partial charge in [0.25, 0.3) is 0 Å². The highest BCUT2D eigenvalue weighted by Crippen LogP contribution is 2.52. The molecular formula is C18H24O2. The van der Waals surface area contributed by atoms with E-state index in [1.54, 1.807) is 0 Å². The van der Waals surface area contributed by atoms with Crippen LogP contribution in [-0.2, 0) is 16.8 Å². The summed E-state index contributed by atoms with van der Waals surface area (Å²) in [5.74, 6) is 0.375. The molecule has 0 bridgehead atoms. The number of hydrogen-bond donors (Lipinski definition) is 1. The minimum absolute atomic E-state index is 0.116. The van der Waals surface area contributed by atoms with E-state index in [0.717, 1.165) is 32.3 Å². The Morgan fingerprint density at radius 3 is 2.85 bits per heavy atom. The minimum atomic E-state index is -0.603. The van der Waals surface area contributed by atoms with Gasteiger partial charge in [-0.25, -0.2) is 0 Å². The van der Waals surface area contributed by atoms with Crippen molar-refractivity contribution in [3.8, 4) is 0 Å². The van der Waals surface area contributed by atoms with Crippen molar-refractivity contribution in [2.45, 2.75) is 63.1 Å². The summed E-state index contributed by atoms with van der Waals surface area (Å²) in [6.07, 6.45) is 7.66. The zero-order valence-corrected chi connectivity index (χ0v) is 12.3. The predicted molar refractivity (Wildman–Crippen MR) is 78.7 cm³/mol. The lowest BCUT2D eigenvalue weighted by Crippen LogP contribution is -2.50. The molecule has 2 unspecified atom stereocenters. The van der Waals surface area contributed by atoms with Crippen molar-refractivity contribution in [2.24, 2.45) is 5.92 Å². The Labute approximate surface area is 121 Å². The maximum Gasteiger partial charge on any atom is 0.0932 e. The first-order chi connectivity index (χ1) is 9.61. The monoisotopic (exact) mass is 272 g/mol. The van der Waals surface area contributed by atoms with Crippen molar-refractivity contribution in [2.75, 3.05) is 6.61 Å². The molecule has 0 radical (unpaired) electrons. The second-order valence-electron chi connectivity index (χ2n) is 7.16. The molecule has 1 N–H and O–H groups in total. The van der Waals surface area contributed by atoms with Crippen LogP contribution in [-0.4, -0.2) is 17.3 Å². The van der Waals surface area contributed by atoms with Crippen LogP contribution in [0.4, 0.5) is 0 Å². The molecule has 1 saturated heterocycles. The molecule has 2 atom stereocenters. The Kier molecular flexibility index (Phi) is 2.77. The lowest BCUT2D eigenvalue weighted by atomic mass is 9.66. The molecule has 1 aromatic rings. The third kappa shape index (κ3) is 1.78. The van der Waals surface area contributed by atoms with E-state index in [4.69, 9.17) is 4.74 Å². The van der Waals surface area contributed by atoms with Crippen molar-refractivity contribution >= 4 is 0 Å². The smallest absolute Gasteiger partial charge is 0.0932 e. The lowest BCUT2D eigenvalue weighted by Gasteiger charge is -2.50. The second-order valence-corrected chi connectivity index (χ2v) is 7.16. The van der Waals surface area contributed by atoms with Crippen LogP contribution in [0.1, 0.15) is 55.2 Å². The number of ether oxygens (including phenoxy) is 1. The number of hydrogen-bond acceptors (Lipinski definition) is 2. The van der Waals surface area contributed by atoms with Gasteiger partial charge in [0.05, 0.1) is 11.2 Å². The zero-order chi connectivity index (χ0) is 13.8. The zero-order valence-electron chi connectivity index (χ0n) is 12.3. The molecule has 20 heavy (non-hydrogen) atoms. The first-order valence-electron chi connectivity index (χ1n) is 8.08. The summed E-state index contributed by atoms with van der Waals surface area (Å²) in [4.78, 5) is 0. The van der Waals surface area contributed by atoms with Gasteiger partial charge in [-0.15, -0.1) is 0 Å². The van der Waals surface area contributed by atoms with Gasteiger partial charge in [0.1, 0.15) is 0 Å². The van der Waals surface area contributed by atoms with Crippen molar-refractivity contribution < 1.29 is 9.84 Å². The van der Waals surface area contributed by atoms with Gasteiger partial charge in [-0.3, -0.25) is 0 Å². The van der Waals surface area contributed by atoms with E-state index in [1.807, 2.05) is 0 Å². The fourth-order valence-corrected chi connectivity index (χ4v) is 4.55. The highest BCUT2D eigenvalue weighted by molar-refractivity contribution is 5.40. The Hall–Kier alpha value is -0.860. The van der Waals surface area contributed by atoms with Crippen molar-refractivity contribution in [3.05, 3.63) is 34.9 Å². The largest absolute Gasteiger partial charge is 0.385 e. The van der Waals surface area contributed by atoms with Crippen LogP contribution in [0.3, 0.4) is 0 Å². The van der Waals surface area contributed by atoms with E-state index in [2.05, 4.69) is 25.1 Å². The average molecular weight is 272 g/mol. The van der Waals surface area contributed by atoms with Gasteiger partial charge in [-0.05, 0) is 68.9 Å². The number of rotatable bonds is 1. The fourth-order valence-electron chi connectivity index (χ4n) is 4.55. The molecule has 1 aromatic carbocycles. The number of benzene rings is 1. The maximum absolute atomic E-state index is 11.4. The molecule has 1 saturated carbocycles. The first-order valence-corrected chi connectivity index (χ1v) is 8.08. The van der Waals surface area contributed by atoms with Gasteiger partial charge < -0.3 is 9.84 Å². The second kappa shape index (κ2) is 4.32. The number of aliphatic hydroxyl groups is 1. The van der Waals surface area contributed by atoms with Crippen LogP contribution in [0, 0.1) is 12.8 Å². The van der Waals surface area contributed by atoms with Crippen LogP contribution in [0.15, 0.2) is 18.2 Å². The van der Waals surface area contributed by atoms with Gasteiger partial charge in [-0.1, -0.05) is 23.8 Å².